The van der Waals surface area contributed by atoms with Crippen LogP contribution >= 0.6 is 15.9 Å². The third-order valence-electron chi connectivity index (χ3n) is 3.30. The van der Waals surface area contributed by atoms with E-state index in [2.05, 4.69) is 20.9 Å². The lowest BCUT2D eigenvalue weighted by Gasteiger charge is -2.24. The molecule has 0 saturated heterocycles. The fourth-order valence-electron chi connectivity index (χ4n) is 2.48. The van der Waals surface area contributed by atoms with Crippen LogP contribution in [0, 0.1) is 11.6 Å². The molecule has 0 radical (unpaired) electrons. The van der Waals surface area contributed by atoms with Gasteiger partial charge in [-0.05, 0) is 34.8 Å². The van der Waals surface area contributed by atoms with E-state index in [0.29, 0.717) is 12.8 Å². The third-order valence-corrected chi connectivity index (χ3v) is 3.88. The predicted octanol–water partition coefficient (Wildman–Crippen LogP) is 3.54. The van der Waals surface area contributed by atoms with Crippen molar-refractivity contribution >= 4 is 22.0 Å². The summed E-state index contributed by atoms with van der Waals surface area (Å²) in [6, 6.07) is 0.849. The van der Waals surface area contributed by atoms with E-state index in [4.69, 9.17) is 0 Å². The summed E-state index contributed by atoms with van der Waals surface area (Å²) in [6.45, 7) is 0. The molecule has 1 aliphatic carbocycles. The molecule has 1 aromatic carbocycles. The molecule has 6 heteroatoms. The summed E-state index contributed by atoms with van der Waals surface area (Å²) in [5, 5.41) is 9.73. The van der Waals surface area contributed by atoms with Gasteiger partial charge in [0, 0.05) is 0 Å². The van der Waals surface area contributed by atoms with Crippen LogP contribution < -0.4 is 0 Å². The molecule has 0 bridgehead atoms. The molecule has 1 aromatic rings. The van der Waals surface area contributed by atoms with Crippen molar-refractivity contribution in [3.63, 3.8) is 0 Å². The van der Waals surface area contributed by atoms with E-state index in [0.717, 1.165) is 18.9 Å². The number of phenolic OH excluding ortho intramolecular Hbond substituents is 1. The van der Waals surface area contributed by atoms with Crippen LogP contribution in [0.5, 0.6) is 5.75 Å². The first kappa shape index (κ1) is 13.2. The van der Waals surface area contributed by atoms with Crippen molar-refractivity contribution in [1.29, 1.82) is 0 Å². The normalized spacial score (nSPS) is 17.5. The van der Waals surface area contributed by atoms with Gasteiger partial charge in [0.25, 0.3) is 0 Å². The van der Waals surface area contributed by atoms with Gasteiger partial charge in [0.15, 0.2) is 11.6 Å². The van der Waals surface area contributed by atoms with Crippen molar-refractivity contribution in [3.05, 3.63) is 27.7 Å². The van der Waals surface area contributed by atoms with Crippen molar-refractivity contribution in [2.75, 3.05) is 0 Å². The van der Waals surface area contributed by atoms with Crippen molar-refractivity contribution < 1.29 is 18.7 Å². The zero-order valence-corrected chi connectivity index (χ0v) is 10.9. The Balaban J connectivity index is 2.72. The SMILES string of the molecule is O=C=NC1(c2c(O)c(F)cc(Br)c2F)CCCC1. The number of rotatable bonds is 2. The van der Waals surface area contributed by atoms with Crippen LogP contribution in [0.15, 0.2) is 15.5 Å². The number of phenols is 1. The fourth-order valence-corrected chi connectivity index (χ4v) is 2.87. The average molecular weight is 318 g/mol. The molecule has 1 fully saturated rings. The van der Waals surface area contributed by atoms with Gasteiger partial charge in [0.2, 0.25) is 6.08 Å². The molecule has 0 amide bonds. The molecular weight excluding hydrogens is 308 g/mol. The van der Waals surface area contributed by atoms with Gasteiger partial charge in [0.05, 0.1) is 10.0 Å². The molecule has 96 valence electrons. The third kappa shape index (κ3) is 1.95. The Labute approximate surface area is 111 Å². The van der Waals surface area contributed by atoms with E-state index in [-0.39, 0.29) is 10.0 Å². The largest absolute Gasteiger partial charge is 0.504 e. The zero-order chi connectivity index (χ0) is 13.3. The van der Waals surface area contributed by atoms with Gasteiger partial charge in [-0.1, -0.05) is 12.8 Å². The van der Waals surface area contributed by atoms with E-state index >= 15 is 0 Å². The van der Waals surface area contributed by atoms with Crippen LogP contribution in [-0.4, -0.2) is 11.2 Å². The second kappa shape index (κ2) is 4.78. The van der Waals surface area contributed by atoms with Gasteiger partial charge < -0.3 is 5.11 Å². The van der Waals surface area contributed by atoms with Gasteiger partial charge in [-0.15, -0.1) is 0 Å². The number of carbonyl (C=O) groups excluding carboxylic acids is 1. The van der Waals surface area contributed by atoms with E-state index in [9.17, 15) is 18.7 Å². The molecule has 0 aliphatic heterocycles. The molecule has 0 atom stereocenters. The number of benzene rings is 1. The molecule has 0 spiro atoms. The Kier molecular flexibility index (Phi) is 3.50. The molecule has 0 aromatic heterocycles. The molecule has 3 nitrogen and oxygen atoms in total. The summed E-state index contributed by atoms with van der Waals surface area (Å²) in [5.41, 5.74) is -1.45. The lowest BCUT2D eigenvalue weighted by atomic mass is 9.87. The van der Waals surface area contributed by atoms with E-state index in [1.165, 1.54) is 6.08 Å². The highest BCUT2D eigenvalue weighted by Gasteiger charge is 2.41. The minimum atomic E-state index is -1.19. The Morgan fingerprint density at radius 3 is 2.56 bits per heavy atom. The molecule has 2 rings (SSSR count). The highest BCUT2D eigenvalue weighted by Crippen LogP contribution is 2.48. The van der Waals surface area contributed by atoms with Crippen molar-refractivity contribution in [1.82, 2.24) is 0 Å². The Hall–Kier alpha value is -1.26. The van der Waals surface area contributed by atoms with Crippen LogP contribution in [0.2, 0.25) is 0 Å². The summed E-state index contributed by atoms with van der Waals surface area (Å²) < 4.78 is 27.5. The first-order valence-corrected chi connectivity index (χ1v) is 6.27. The number of hydrogen-bond acceptors (Lipinski definition) is 3. The number of halogens is 3. The quantitative estimate of drug-likeness (QED) is 0.515. The minimum absolute atomic E-state index is 0.0971. The maximum absolute atomic E-state index is 14.1. The average Bonchev–Trinajstić information content (AvgIpc) is 2.77. The van der Waals surface area contributed by atoms with Gasteiger partial charge in [-0.3, -0.25) is 0 Å². The van der Waals surface area contributed by atoms with Crippen molar-refractivity contribution in [2.24, 2.45) is 4.99 Å². The first-order chi connectivity index (χ1) is 8.52. The monoisotopic (exact) mass is 317 g/mol. The highest BCUT2D eigenvalue weighted by atomic mass is 79.9. The Morgan fingerprint density at radius 2 is 2.00 bits per heavy atom. The summed E-state index contributed by atoms with van der Waals surface area (Å²) in [6.07, 6.45) is 3.65. The summed E-state index contributed by atoms with van der Waals surface area (Å²) >= 11 is 2.89. The summed E-state index contributed by atoms with van der Waals surface area (Å²) in [5.74, 6) is -2.50. The van der Waals surface area contributed by atoms with Crippen molar-refractivity contribution in [2.45, 2.75) is 31.2 Å². The number of aromatic hydroxyl groups is 1. The number of isocyanates is 1. The lowest BCUT2D eigenvalue weighted by Crippen LogP contribution is -2.21. The topological polar surface area (TPSA) is 49.7 Å². The standard InChI is InChI=1S/C12H10BrF2NO2/c13-7-5-8(14)11(18)9(10(7)15)12(16-6-17)3-1-2-4-12/h5,18H,1-4H2. The summed E-state index contributed by atoms with van der Waals surface area (Å²) in [4.78, 5) is 14.2. The van der Waals surface area contributed by atoms with Crippen LogP contribution in [0.25, 0.3) is 0 Å². The molecule has 1 aliphatic rings. The highest BCUT2D eigenvalue weighted by molar-refractivity contribution is 9.10. The molecular formula is C12H10BrF2NO2. The van der Waals surface area contributed by atoms with Gasteiger partial charge in [0.1, 0.15) is 11.4 Å². The molecule has 1 saturated carbocycles. The second-order valence-electron chi connectivity index (χ2n) is 4.32. The number of hydrogen-bond donors (Lipinski definition) is 1. The van der Waals surface area contributed by atoms with Crippen molar-refractivity contribution in [3.8, 4) is 5.75 Å². The van der Waals surface area contributed by atoms with Gasteiger partial charge in [-0.2, -0.15) is 4.99 Å². The number of aliphatic imine (C=N–C) groups is 1. The van der Waals surface area contributed by atoms with Gasteiger partial charge in [-0.25, -0.2) is 13.6 Å². The predicted molar refractivity (Wildman–Crippen MR) is 64.0 cm³/mol. The van der Waals surface area contributed by atoms with E-state index < -0.39 is 22.9 Å². The van der Waals surface area contributed by atoms with Crippen LogP contribution in [-0.2, 0) is 10.3 Å². The van der Waals surface area contributed by atoms with Crippen LogP contribution in [0.3, 0.4) is 0 Å². The smallest absolute Gasteiger partial charge is 0.235 e. The van der Waals surface area contributed by atoms with E-state index in [1.54, 1.807) is 0 Å². The maximum atomic E-state index is 14.1. The van der Waals surface area contributed by atoms with Gasteiger partial charge >= 0.3 is 0 Å². The molecule has 0 heterocycles. The Morgan fingerprint density at radius 1 is 1.39 bits per heavy atom. The molecule has 1 N–H and O–H groups in total. The fraction of sp³-hybridized carbons (Fsp3) is 0.417. The first-order valence-electron chi connectivity index (χ1n) is 5.48. The lowest BCUT2D eigenvalue weighted by molar-refractivity contribution is 0.367. The van der Waals surface area contributed by atoms with Crippen LogP contribution in [0.1, 0.15) is 31.2 Å². The van der Waals surface area contributed by atoms with Crippen LogP contribution in [0.4, 0.5) is 8.78 Å². The Bertz CT molecular complexity index is 509. The minimum Gasteiger partial charge on any atom is -0.504 e. The summed E-state index contributed by atoms with van der Waals surface area (Å²) in [7, 11) is 0. The molecule has 18 heavy (non-hydrogen) atoms. The second-order valence-corrected chi connectivity index (χ2v) is 5.17. The zero-order valence-electron chi connectivity index (χ0n) is 9.34. The number of nitrogens with zero attached hydrogens (tertiary/aromatic N) is 1. The molecule has 0 unspecified atom stereocenters. The van der Waals surface area contributed by atoms with E-state index in [1.807, 2.05) is 0 Å². The maximum Gasteiger partial charge on any atom is 0.235 e.